The Bertz CT molecular complexity index is 416. The Morgan fingerprint density at radius 2 is 2.11 bits per heavy atom. The zero-order valence-corrected chi connectivity index (χ0v) is 11.7. The van der Waals surface area contributed by atoms with Crippen molar-refractivity contribution in [3.8, 4) is 0 Å². The van der Waals surface area contributed by atoms with Crippen LogP contribution in [0.3, 0.4) is 0 Å². The van der Waals surface area contributed by atoms with Crippen LogP contribution in [0.15, 0.2) is 18.2 Å². The summed E-state index contributed by atoms with van der Waals surface area (Å²) in [6, 6.07) is 6.14. The van der Waals surface area contributed by atoms with Crippen molar-refractivity contribution in [1.29, 1.82) is 0 Å². The van der Waals surface area contributed by atoms with Crippen molar-refractivity contribution in [3.63, 3.8) is 0 Å². The highest BCUT2D eigenvalue weighted by atomic mass is 16.1. The third-order valence-electron chi connectivity index (χ3n) is 3.29. The average Bonchev–Trinajstić information content (AvgIpc) is 2.35. The van der Waals surface area contributed by atoms with Crippen LogP contribution in [0.4, 0.5) is 0 Å². The minimum absolute atomic E-state index is 0.0485. The maximum absolute atomic E-state index is 11.5. The zero-order valence-electron chi connectivity index (χ0n) is 11.7. The van der Waals surface area contributed by atoms with Gasteiger partial charge in [0.1, 0.15) is 0 Å². The predicted octanol–water partition coefficient (Wildman–Crippen LogP) is 0.786. The second kappa shape index (κ2) is 6.52. The first-order chi connectivity index (χ1) is 8.49. The summed E-state index contributed by atoms with van der Waals surface area (Å²) in [7, 11) is 5.71. The van der Waals surface area contributed by atoms with Gasteiger partial charge in [-0.25, -0.2) is 0 Å². The molecule has 1 amide bonds. The molecule has 100 valence electrons. The molecule has 1 aromatic carbocycles. The summed E-state index contributed by atoms with van der Waals surface area (Å²) in [6.45, 7) is 2.66. The van der Waals surface area contributed by atoms with Gasteiger partial charge in [-0.05, 0) is 50.7 Å². The summed E-state index contributed by atoms with van der Waals surface area (Å²) >= 11 is 0. The molecule has 0 saturated carbocycles. The summed E-state index contributed by atoms with van der Waals surface area (Å²) < 4.78 is 0. The molecule has 0 aliphatic heterocycles. The number of amides is 1. The molecule has 4 nitrogen and oxygen atoms in total. The van der Waals surface area contributed by atoms with Gasteiger partial charge < -0.3 is 16.0 Å². The number of nitrogens with one attached hydrogen (secondary N) is 1. The lowest BCUT2D eigenvalue weighted by molar-refractivity contribution is 0.0963. The first-order valence-electron chi connectivity index (χ1n) is 6.17. The monoisotopic (exact) mass is 249 g/mol. The van der Waals surface area contributed by atoms with E-state index in [1.807, 2.05) is 39.2 Å². The van der Waals surface area contributed by atoms with E-state index in [1.54, 1.807) is 7.05 Å². The molecule has 0 bridgehead atoms. The van der Waals surface area contributed by atoms with Gasteiger partial charge in [0.2, 0.25) is 0 Å². The van der Waals surface area contributed by atoms with Crippen molar-refractivity contribution in [2.45, 2.75) is 19.4 Å². The van der Waals surface area contributed by atoms with Crippen LogP contribution in [0.25, 0.3) is 0 Å². The topological polar surface area (TPSA) is 58.4 Å². The van der Waals surface area contributed by atoms with E-state index in [9.17, 15) is 4.79 Å². The maximum Gasteiger partial charge on any atom is 0.251 e. The van der Waals surface area contributed by atoms with Crippen LogP contribution in [-0.4, -0.2) is 44.5 Å². The molecule has 18 heavy (non-hydrogen) atoms. The lowest BCUT2D eigenvalue weighted by atomic mass is 9.98. The number of carbonyl (C=O) groups is 1. The highest BCUT2D eigenvalue weighted by molar-refractivity contribution is 5.94. The number of benzene rings is 1. The molecule has 1 atom stereocenters. The largest absolute Gasteiger partial charge is 0.355 e. The van der Waals surface area contributed by atoms with Crippen LogP contribution in [0.5, 0.6) is 0 Å². The van der Waals surface area contributed by atoms with Crippen LogP contribution < -0.4 is 11.1 Å². The predicted molar refractivity (Wildman–Crippen MR) is 74.8 cm³/mol. The molecule has 0 saturated heterocycles. The van der Waals surface area contributed by atoms with E-state index in [2.05, 4.69) is 10.2 Å². The Kier molecular flexibility index (Phi) is 5.31. The van der Waals surface area contributed by atoms with Crippen LogP contribution in [0.1, 0.15) is 21.5 Å². The summed E-state index contributed by atoms with van der Waals surface area (Å²) in [5, 5.41) is 2.63. The third kappa shape index (κ3) is 3.55. The van der Waals surface area contributed by atoms with Gasteiger partial charge in [-0.15, -0.1) is 0 Å². The Hall–Kier alpha value is -1.39. The molecule has 4 heteroatoms. The van der Waals surface area contributed by atoms with E-state index in [4.69, 9.17) is 5.73 Å². The fourth-order valence-electron chi connectivity index (χ4n) is 1.94. The molecule has 1 rings (SSSR count). The number of carbonyl (C=O) groups excluding carboxylic acids is 1. The minimum atomic E-state index is -0.0485. The number of rotatable bonds is 5. The molecule has 0 radical (unpaired) electrons. The van der Waals surface area contributed by atoms with Gasteiger partial charge in [0, 0.05) is 25.2 Å². The summed E-state index contributed by atoms with van der Waals surface area (Å²) in [6.07, 6.45) is 0.906. The first kappa shape index (κ1) is 14.7. The van der Waals surface area contributed by atoms with Crippen LogP contribution in [0.2, 0.25) is 0 Å². The van der Waals surface area contributed by atoms with E-state index in [-0.39, 0.29) is 5.91 Å². The number of hydrogen-bond acceptors (Lipinski definition) is 3. The molecular formula is C14H23N3O. The second-order valence-corrected chi connectivity index (χ2v) is 4.78. The van der Waals surface area contributed by atoms with Gasteiger partial charge in [0.25, 0.3) is 5.91 Å². The molecule has 1 unspecified atom stereocenters. The number of hydrogen-bond donors (Lipinski definition) is 2. The Labute approximate surface area is 109 Å². The van der Waals surface area contributed by atoms with E-state index in [1.165, 1.54) is 5.56 Å². The number of nitrogens with zero attached hydrogens (tertiary/aromatic N) is 1. The van der Waals surface area contributed by atoms with Gasteiger partial charge in [-0.3, -0.25) is 4.79 Å². The van der Waals surface area contributed by atoms with Crippen molar-refractivity contribution in [2.24, 2.45) is 5.73 Å². The van der Waals surface area contributed by atoms with Gasteiger partial charge in [0.15, 0.2) is 0 Å². The first-order valence-corrected chi connectivity index (χ1v) is 6.17. The number of nitrogens with two attached hydrogens (primary N) is 1. The molecular weight excluding hydrogens is 226 g/mol. The molecule has 1 aromatic rings. The molecule has 0 aliphatic carbocycles. The van der Waals surface area contributed by atoms with Gasteiger partial charge >= 0.3 is 0 Å². The molecule has 3 N–H and O–H groups in total. The highest BCUT2D eigenvalue weighted by Crippen LogP contribution is 2.14. The third-order valence-corrected chi connectivity index (χ3v) is 3.29. The number of likely N-dealkylation sites (N-methyl/N-ethyl adjacent to an activating group) is 1. The standard InChI is InChI=1S/C14H23N3O/c1-10-7-12(14(18)16-2)6-5-11(10)8-13(9-15)17(3)4/h5-7,13H,8-9,15H2,1-4H3,(H,16,18). The van der Waals surface area contributed by atoms with Gasteiger partial charge in [-0.2, -0.15) is 0 Å². The highest BCUT2D eigenvalue weighted by Gasteiger charge is 2.12. The Morgan fingerprint density at radius 1 is 1.44 bits per heavy atom. The molecule has 0 heterocycles. The average molecular weight is 249 g/mol. The Morgan fingerprint density at radius 3 is 2.56 bits per heavy atom. The Balaban J connectivity index is 2.89. The minimum Gasteiger partial charge on any atom is -0.355 e. The van der Waals surface area contributed by atoms with Crippen LogP contribution >= 0.6 is 0 Å². The van der Waals surface area contributed by atoms with E-state index in [0.29, 0.717) is 18.2 Å². The summed E-state index contributed by atoms with van der Waals surface area (Å²) in [5.41, 5.74) is 8.85. The lowest BCUT2D eigenvalue weighted by Crippen LogP contribution is -2.37. The molecule has 0 aliphatic rings. The van der Waals surface area contributed by atoms with Crippen LogP contribution in [-0.2, 0) is 6.42 Å². The van der Waals surface area contributed by atoms with Crippen molar-refractivity contribution >= 4 is 5.91 Å². The van der Waals surface area contributed by atoms with Gasteiger partial charge in [-0.1, -0.05) is 6.07 Å². The maximum atomic E-state index is 11.5. The van der Waals surface area contributed by atoms with Crippen molar-refractivity contribution in [1.82, 2.24) is 10.2 Å². The van der Waals surface area contributed by atoms with Crippen molar-refractivity contribution in [2.75, 3.05) is 27.7 Å². The van der Waals surface area contributed by atoms with Crippen LogP contribution in [0, 0.1) is 6.92 Å². The lowest BCUT2D eigenvalue weighted by Gasteiger charge is -2.23. The van der Waals surface area contributed by atoms with Crippen molar-refractivity contribution < 1.29 is 4.79 Å². The normalized spacial score (nSPS) is 12.6. The summed E-state index contributed by atoms with van der Waals surface area (Å²) in [4.78, 5) is 13.7. The molecule has 0 aromatic heterocycles. The van der Waals surface area contributed by atoms with E-state index in [0.717, 1.165) is 12.0 Å². The van der Waals surface area contributed by atoms with E-state index < -0.39 is 0 Å². The quantitative estimate of drug-likeness (QED) is 0.811. The smallest absolute Gasteiger partial charge is 0.251 e. The summed E-state index contributed by atoms with van der Waals surface area (Å²) in [5.74, 6) is -0.0485. The van der Waals surface area contributed by atoms with Crippen molar-refractivity contribution in [3.05, 3.63) is 34.9 Å². The second-order valence-electron chi connectivity index (χ2n) is 4.78. The van der Waals surface area contributed by atoms with E-state index >= 15 is 0 Å². The number of aryl methyl sites for hydroxylation is 1. The SMILES string of the molecule is CNC(=O)c1ccc(CC(CN)N(C)C)c(C)c1. The molecule has 0 spiro atoms. The fourth-order valence-corrected chi connectivity index (χ4v) is 1.94. The zero-order chi connectivity index (χ0) is 13.7. The molecule has 0 fully saturated rings. The fraction of sp³-hybridized carbons (Fsp3) is 0.500. The van der Waals surface area contributed by atoms with Gasteiger partial charge in [0.05, 0.1) is 0 Å².